The van der Waals surface area contributed by atoms with Crippen LogP contribution in [0.2, 0.25) is 0 Å². The number of hydrogen-bond donors (Lipinski definition) is 0. The van der Waals surface area contributed by atoms with Gasteiger partial charge in [-0.15, -0.1) is 0 Å². The van der Waals surface area contributed by atoms with Gasteiger partial charge < -0.3 is 4.90 Å². The van der Waals surface area contributed by atoms with Crippen molar-refractivity contribution < 1.29 is 4.79 Å². The van der Waals surface area contributed by atoms with Gasteiger partial charge in [-0.2, -0.15) is 0 Å². The van der Waals surface area contributed by atoms with E-state index in [1.807, 2.05) is 47.4 Å². The Morgan fingerprint density at radius 3 is 2.43 bits per heavy atom. The molecule has 3 heteroatoms. The van der Waals surface area contributed by atoms with Gasteiger partial charge in [0.05, 0.1) is 11.3 Å². The molecule has 108 valence electrons. The smallest absolute Gasteiger partial charge is 0.255 e. The lowest BCUT2D eigenvalue weighted by molar-refractivity contribution is 0.0697. The number of likely N-dealkylation sites (tertiary alicyclic amines) is 1. The van der Waals surface area contributed by atoms with Crippen molar-refractivity contribution in [3.05, 3.63) is 54.2 Å². The molecule has 1 aromatic heterocycles. The van der Waals surface area contributed by atoms with Crippen LogP contribution >= 0.6 is 0 Å². The van der Waals surface area contributed by atoms with E-state index in [-0.39, 0.29) is 5.91 Å². The zero-order chi connectivity index (χ0) is 14.7. The predicted molar refractivity (Wildman–Crippen MR) is 84.0 cm³/mol. The Labute approximate surface area is 125 Å². The quantitative estimate of drug-likeness (QED) is 0.841. The minimum absolute atomic E-state index is 0.106. The van der Waals surface area contributed by atoms with Crippen molar-refractivity contribution in [3.63, 3.8) is 0 Å². The molecule has 0 unspecified atom stereocenters. The number of benzene rings is 1. The molecule has 1 amide bonds. The van der Waals surface area contributed by atoms with Crippen LogP contribution in [0.4, 0.5) is 0 Å². The second-order valence-corrected chi connectivity index (χ2v) is 5.77. The maximum Gasteiger partial charge on any atom is 0.255 e. The van der Waals surface area contributed by atoms with Gasteiger partial charge in [-0.05, 0) is 30.9 Å². The summed E-state index contributed by atoms with van der Waals surface area (Å²) >= 11 is 0. The number of hydrogen-bond acceptors (Lipinski definition) is 2. The van der Waals surface area contributed by atoms with Crippen LogP contribution in [-0.4, -0.2) is 28.9 Å². The van der Waals surface area contributed by atoms with Crippen LogP contribution in [-0.2, 0) is 0 Å². The fraction of sp³-hybridized carbons (Fsp3) is 0.333. The largest absolute Gasteiger partial charge is 0.339 e. The van der Waals surface area contributed by atoms with E-state index < -0.39 is 0 Å². The second-order valence-electron chi connectivity index (χ2n) is 5.77. The first-order chi connectivity index (χ1) is 10.2. The molecule has 21 heavy (non-hydrogen) atoms. The molecule has 1 aromatic carbocycles. The highest BCUT2D eigenvalue weighted by Gasteiger charge is 2.21. The summed E-state index contributed by atoms with van der Waals surface area (Å²) in [6.45, 7) is 3.97. The molecule has 0 N–H and O–H groups in total. The Morgan fingerprint density at radius 1 is 1.10 bits per heavy atom. The first-order valence-electron chi connectivity index (χ1n) is 7.55. The molecule has 0 spiro atoms. The van der Waals surface area contributed by atoms with Gasteiger partial charge in [0.1, 0.15) is 0 Å². The van der Waals surface area contributed by atoms with Crippen molar-refractivity contribution in [2.24, 2.45) is 5.92 Å². The number of piperidine rings is 1. The Kier molecular flexibility index (Phi) is 4.00. The van der Waals surface area contributed by atoms with Gasteiger partial charge in [-0.1, -0.05) is 37.3 Å². The highest BCUT2D eigenvalue weighted by atomic mass is 16.2. The maximum absolute atomic E-state index is 12.4. The normalized spacial score (nSPS) is 16.0. The van der Waals surface area contributed by atoms with Gasteiger partial charge in [0, 0.05) is 24.8 Å². The summed E-state index contributed by atoms with van der Waals surface area (Å²) in [5.74, 6) is 0.835. The van der Waals surface area contributed by atoms with Crippen LogP contribution in [0.3, 0.4) is 0 Å². The fourth-order valence-corrected chi connectivity index (χ4v) is 2.69. The number of carbonyl (C=O) groups excluding carboxylic acids is 1. The van der Waals surface area contributed by atoms with Crippen LogP contribution in [0, 0.1) is 5.92 Å². The summed E-state index contributed by atoms with van der Waals surface area (Å²) in [4.78, 5) is 18.8. The predicted octanol–water partition coefficient (Wildman–Crippen LogP) is 3.62. The van der Waals surface area contributed by atoms with Gasteiger partial charge in [-0.25, -0.2) is 0 Å². The van der Waals surface area contributed by atoms with E-state index in [0.717, 1.165) is 43.1 Å². The average molecular weight is 280 g/mol. The van der Waals surface area contributed by atoms with Gasteiger partial charge >= 0.3 is 0 Å². The van der Waals surface area contributed by atoms with Gasteiger partial charge in [-0.3, -0.25) is 9.78 Å². The summed E-state index contributed by atoms with van der Waals surface area (Å²) in [5.41, 5.74) is 2.66. The van der Waals surface area contributed by atoms with E-state index in [4.69, 9.17) is 0 Å². The van der Waals surface area contributed by atoms with E-state index in [1.54, 1.807) is 6.20 Å². The summed E-state index contributed by atoms with van der Waals surface area (Å²) in [5, 5.41) is 0. The molecule has 1 aliphatic rings. The van der Waals surface area contributed by atoms with Crippen LogP contribution in [0.15, 0.2) is 48.7 Å². The molecule has 2 aromatic rings. The Balaban J connectivity index is 1.73. The average Bonchev–Trinajstić information content (AvgIpc) is 2.56. The Morgan fingerprint density at radius 2 is 1.81 bits per heavy atom. The molecule has 0 saturated carbocycles. The van der Waals surface area contributed by atoms with Crippen molar-refractivity contribution in [1.29, 1.82) is 0 Å². The third kappa shape index (κ3) is 3.13. The van der Waals surface area contributed by atoms with Crippen molar-refractivity contribution in [3.8, 4) is 11.3 Å². The van der Waals surface area contributed by atoms with E-state index in [1.165, 1.54) is 0 Å². The van der Waals surface area contributed by atoms with Crippen molar-refractivity contribution in [2.45, 2.75) is 19.8 Å². The number of aromatic nitrogens is 1. The van der Waals surface area contributed by atoms with Gasteiger partial charge in [0.25, 0.3) is 5.91 Å². The van der Waals surface area contributed by atoms with E-state index in [9.17, 15) is 4.79 Å². The third-order valence-corrected chi connectivity index (χ3v) is 4.15. The Bertz CT molecular complexity index is 599. The molecule has 0 radical (unpaired) electrons. The zero-order valence-corrected chi connectivity index (χ0v) is 12.3. The lowest BCUT2D eigenvalue weighted by atomic mass is 9.99. The van der Waals surface area contributed by atoms with E-state index >= 15 is 0 Å². The third-order valence-electron chi connectivity index (χ3n) is 4.15. The second kappa shape index (κ2) is 6.08. The number of amides is 1. The number of rotatable bonds is 2. The van der Waals surface area contributed by atoms with Crippen molar-refractivity contribution in [2.75, 3.05) is 13.1 Å². The van der Waals surface area contributed by atoms with E-state index in [2.05, 4.69) is 11.9 Å². The first-order valence-corrected chi connectivity index (χ1v) is 7.55. The van der Waals surface area contributed by atoms with Crippen molar-refractivity contribution >= 4 is 5.91 Å². The summed E-state index contributed by atoms with van der Waals surface area (Å²) < 4.78 is 0. The topological polar surface area (TPSA) is 33.2 Å². The van der Waals surface area contributed by atoms with E-state index in [0.29, 0.717) is 5.56 Å². The molecule has 1 saturated heterocycles. The first kappa shape index (κ1) is 13.8. The summed E-state index contributed by atoms with van der Waals surface area (Å²) in [7, 11) is 0. The monoisotopic (exact) mass is 280 g/mol. The SMILES string of the molecule is CC1CCN(C(=O)c2ccc(-c3ccccc3)nc2)CC1. The number of pyridine rings is 1. The maximum atomic E-state index is 12.4. The minimum atomic E-state index is 0.106. The fourth-order valence-electron chi connectivity index (χ4n) is 2.69. The summed E-state index contributed by atoms with van der Waals surface area (Å²) in [6.07, 6.45) is 3.89. The lowest BCUT2D eigenvalue weighted by Gasteiger charge is -2.30. The minimum Gasteiger partial charge on any atom is -0.339 e. The van der Waals surface area contributed by atoms with Gasteiger partial charge in [0.2, 0.25) is 0 Å². The van der Waals surface area contributed by atoms with Crippen LogP contribution in [0.5, 0.6) is 0 Å². The van der Waals surface area contributed by atoms with Crippen LogP contribution in [0.1, 0.15) is 30.1 Å². The number of carbonyl (C=O) groups is 1. The molecule has 2 heterocycles. The van der Waals surface area contributed by atoms with Crippen LogP contribution < -0.4 is 0 Å². The number of nitrogens with zero attached hydrogens (tertiary/aromatic N) is 2. The molecule has 0 bridgehead atoms. The standard InChI is InChI=1S/C18H20N2O/c1-14-9-11-20(12-10-14)18(21)16-7-8-17(19-13-16)15-5-3-2-4-6-15/h2-8,13-14H,9-12H2,1H3. The molecule has 3 rings (SSSR count). The molecular weight excluding hydrogens is 260 g/mol. The lowest BCUT2D eigenvalue weighted by Crippen LogP contribution is -2.37. The zero-order valence-electron chi connectivity index (χ0n) is 12.3. The molecule has 3 nitrogen and oxygen atoms in total. The molecule has 1 aliphatic heterocycles. The molecular formula is C18H20N2O. The highest BCUT2D eigenvalue weighted by molar-refractivity contribution is 5.94. The van der Waals surface area contributed by atoms with Gasteiger partial charge in [0.15, 0.2) is 0 Å². The Hall–Kier alpha value is -2.16. The summed E-state index contributed by atoms with van der Waals surface area (Å²) in [6, 6.07) is 13.8. The highest BCUT2D eigenvalue weighted by Crippen LogP contribution is 2.20. The molecule has 0 atom stereocenters. The molecule has 1 fully saturated rings. The van der Waals surface area contributed by atoms with Crippen LogP contribution in [0.25, 0.3) is 11.3 Å². The molecule has 0 aliphatic carbocycles. The van der Waals surface area contributed by atoms with Crippen molar-refractivity contribution in [1.82, 2.24) is 9.88 Å².